The van der Waals surface area contributed by atoms with E-state index in [0.29, 0.717) is 5.82 Å². The summed E-state index contributed by atoms with van der Waals surface area (Å²) >= 11 is 0. The summed E-state index contributed by atoms with van der Waals surface area (Å²) < 4.78 is 1.48. The van der Waals surface area contributed by atoms with Gasteiger partial charge in [-0.15, -0.1) is 0 Å². The van der Waals surface area contributed by atoms with Crippen LogP contribution >= 0.6 is 0 Å². The summed E-state index contributed by atoms with van der Waals surface area (Å²) in [5.41, 5.74) is 6.61. The van der Waals surface area contributed by atoms with Crippen LogP contribution in [0.3, 0.4) is 0 Å². The number of hydrogen-bond acceptors (Lipinski definition) is 3. The molecule has 4 heteroatoms. The van der Waals surface area contributed by atoms with Crippen molar-refractivity contribution in [1.29, 1.82) is 0 Å². The summed E-state index contributed by atoms with van der Waals surface area (Å²) in [6.07, 6.45) is 0.819. The Balaban J connectivity index is 3.25. The molecule has 0 unspecified atom stereocenters. The second kappa shape index (κ2) is 2.94. The van der Waals surface area contributed by atoms with E-state index in [1.807, 2.05) is 6.92 Å². The zero-order valence-electron chi connectivity index (χ0n) is 8.76. The molecule has 4 N–H and O–H groups in total. The molecule has 4 nitrogen and oxygen atoms in total. The molecule has 0 aliphatic heterocycles. The summed E-state index contributed by atoms with van der Waals surface area (Å²) in [5.74, 6) is 7.21. The molecule has 0 spiro atoms. The van der Waals surface area contributed by atoms with Gasteiger partial charge in [0.05, 0.1) is 5.69 Å². The first-order valence-electron chi connectivity index (χ1n) is 4.50. The molecule has 0 aliphatic rings. The molecule has 0 atom stereocenters. The van der Waals surface area contributed by atoms with E-state index in [1.54, 1.807) is 0 Å². The molecule has 0 bridgehead atoms. The molecule has 74 valence electrons. The Morgan fingerprint density at radius 2 is 1.92 bits per heavy atom. The fourth-order valence-corrected chi connectivity index (χ4v) is 1.28. The number of aromatic nitrogens is 2. The highest BCUT2D eigenvalue weighted by atomic mass is 15.4. The zero-order chi connectivity index (χ0) is 10.2. The average molecular weight is 182 g/mol. The predicted molar refractivity (Wildman–Crippen MR) is 54.9 cm³/mol. The van der Waals surface area contributed by atoms with Gasteiger partial charge in [-0.25, -0.2) is 9.66 Å². The molecule has 1 rings (SSSR count). The quantitative estimate of drug-likeness (QED) is 0.637. The molecule has 0 saturated carbocycles. The van der Waals surface area contributed by atoms with Gasteiger partial charge in [-0.1, -0.05) is 27.7 Å². The number of aryl methyl sites for hydroxylation is 1. The van der Waals surface area contributed by atoms with Crippen molar-refractivity contribution < 1.29 is 0 Å². The van der Waals surface area contributed by atoms with E-state index in [1.165, 1.54) is 4.68 Å². The molecule has 0 saturated heterocycles. The van der Waals surface area contributed by atoms with Crippen molar-refractivity contribution in [3.63, 3.8) is 0 Å². The van der Waals surface area contributed by atoms with Crippen molar-refractivity contribution in [3.05, 3.63) is 11.5 Å². The Morgan fingerprint density at radius 3 is 2.15 bits per heavy atom. The number of rotatable bonds is 1. The second-order valence-corrected chi connectivity index (χ2v) is 4.24. The van der Waals surface area contributed by atoms with E-state index in [4.69, 9.17) is 11.6 Å². The van der Waals surface area contributed by atoms with Crippen LogP contribution in [0.4, 0.5) is 5.82 Å². The first-order chi connectivity index (χ1) is 5.88. The lowest BCUT2D eigenvalue weighted by Crippen LogP contribution is -2.24. The highest BCUT2D eigenvalue weighted by molar-refractivity contribution is 5.39. The maximum absolute atomic E-state index is 5.79. The van der Waals surface area contributed by atoms with E-state index >= 15 is 0 Å². The summed E-state index contributed by atoms with van der Waals surface area (Å²) in [5, 5.41) is 0. The minimum atomic E-state index is -0.0592. The average Bonchev–Trinajstić information content (AvgIpc) is 2.28. The van der Waals surface area contributed by atoms with Gasteiger partial charge in [0.15, 0.2) is 0 Å². The third-order valence-corrected chi connectivity index (χ3v) is 2.03. The van der Waals surface area contributed by atoms with Crippen molar-refractivity contribution in [3.8, 4) is 0 Å². The number of nitrogen functional groups attached to an aromatic ring is 2. The van der Waals surface area contributed by atoms with Crippen LogP contribution in [0.2, 0.25) is 0 Å². The van der Waals surface area contributed by atoms with Gasteiger partial charge in [0.25, 0.3) is 0 Å². The Bertz CT molecular complexity index is 306. The van der Waals surface area contributed by atoms with E-state index in [-0.39, 0.29) is 5.41 Å². The van der Waals surface area contributed by atoms with Crippen LogP contribution in [0.1, 0.15) is 39.2 Å². The zero-order valence-corrected chi connectivity index (χ0v) is 8.76. The van der Waals surface area contributed by atoms with Gasteiger partial charge in [0, 0.05) is 5.41 Å². The molecule has 1 aromatic rings. The first kappa shape index (κ1) is 9.89. The lowest BCUT2D eigenvalue weighted by molar-refractivity contribution is 0.531. The Kier molecular flexibility index (Phi) is 2.24. The van der Waals surface area contributed by atoms with Gasteiger partial charge in [-0.05, 0) is 6.42 Å². The highest BCUT2D eigenvalue weighted by Crippen LogP contribution is 2.23. The number of anilines is 1. The summed E-state index contributed by atoms with van der Waals surface area (Å²) in [6, 6.07) is 0. The largest absolute Gasteiger partial charge is 0.382 e. The van der Waals surface area contributed by atoms with Crippen LogP contribution in [0.15, 0.2) is 0 Å². The van der Waals surface area contributed by atoms with Gasteiger partial charge >= 0.3 is 0 Å². The number of imidazole rings is 1. The van der Waals surface area contributed by atoms with Crippen molar-refractivity contribution in [1.82, 2.24) is 9.66 Å². The molecule has 1 aromatic heterocycles. The van der Waals surface area contributed by atoms with Crippen molar-refractivity contribution in [2.24, 2.45) is 0 Å². The maximum atomic E-state index is 5.79. The minimum Gasteiger partial charge on any atom is -0.382 e. The van der Waals surface area contributed by atoms with Gasteiger partial charge < -0.3 is 11.6 Å². The van der Waals surface area contributed by atoms with Gasteiger partial charge in [0.2, 0.25) is 0 Å². The minimum absolute atomic E-state index is 0.0592. The van der Waals surface area contributed by atoms with Crippen LogP contribution in [-0.2, 0) is 11.8 Å². The predicted octanol–water partition coefficient (Wildman–Crippen LogP) is 1.04. The van der Waals surface area contributed by atoms with E-state index < -0.39 is 0 Å². The first-order valence-corrected chi connectivity index (χ1v) is 4.50. The van der Waals surface area contributed by atoms with E-state index in [9.17, 15) is 0 Å². The Hall–Kier alpha value is -1.19. The lowest BCUT2D eigenvalue weighted by Gasteiger charge is -2.17. The van der Waals surface area contributed by atoms with Gasteiger partial charge in [-0.3, -0.25) is 0 Å². The van der Waals surface area contributed by atoms with Crippen molar-refractivity contribution >= 4 is 5.82 Å². The molecular formula is C9H18N4. The van der Waals surface area contributed by atoms with Gasteiger partial charge in [0.1, 0.15) is 11.6 Å². The van der Waals surface area contributed by atoms with Crippen molar-refractivity contribution in [2.45, 2.75) is 39.5 Å². The van der Waals surface area contributed by atoms with Crippen LogP contribution < -0.4 is 11.6 Å². The van der Waals surface area contributed by atoms with Crippen LogP contribution in [-0.4, -0.2) is 9.66 Å². The van der Waals surface area contributed by atoms with Crippen LogP contribution in [0.5, 0.6) is 0 Å². The maximum Gasteiger partial charge on any atom is 0.145 e. The summed E-state index contributed by atoms with van der Waals surface area (Å²) in [7, 11) is 0. The highest BCUT2D eigenvalue weighted by Gasteiger charge is 2.22. The van der Waals surface area contributed by atoms with E-state index in [0.717, 1.165) is 17.9 Å². The van der Waals surface area contributed by atoms with Gasteiger partial charge in [-0.2, -0.15) is 0 Å². The summed E-state index contributed by atoms with van der Waals surface area (Å²) in [6.45, 7) is 8.22. The van der Waals surface area contributed by atoms with Crippen LogP contribution in [0.25, 0.3) is 0 Å². The molecule has 13 heavy (non-hydrogen) atoms. The van der Waals surface area contributed by atoms with Crippen molar-refractivity contribution in [2.75, 3.05) is 11.6 Å². The lowest BCUT2D eigenvalue weighted by atomic mass is 9.96. The number of nitrogens with zero attached hydrogens (tertiary/aromatic N) is 2. The topological polar surface area (TPSA) is 69.9 Å². The summed E-state index contributed by atoms with van der Waals surface area (Å²) in [4.78, 5) is 4.41. The molecule has 1 heterocycles. The SMILES string of the molecule is CCc1nc(C(C)(C)C)n(N)c1N. The smallest absolute Gasteiger partial charge is 0.145 e. The fourth-order valence-electron chi connectivity index (χ4n) is 1.28. The van der Waals surface area contributed by atoms with Crippen LogP contribution in [0, 0.1) is 0 Å². The standard InChI is InChI=1S/C9H18N4/c1-5-6-7(10)13(11)8(12-6)9(2,3)4/h5,10-11H2,1-4H3. The monoisotopic (exact) mass is 182 g/mol. The second-order valence-electron chi connectivity index (χ2n) is 4.24. The molecular weight excluding hydrogens is 164 g/mol. The third kappa shape index (κ3) is 1.61. The Morgan fingerprint density at radius 1 is 1.38 bits per heavy atom. The number of nitrogens with two attached hydrogens (primary N) is 2. The molecule has 0 amide bonds. The molecule has 0 aliphatic carbocycles. The third-order valence-electron chi connectivity index (χ3n) is 2.03. The molecule has 0 fully saturated rings. The number of hydrogen-bond donors (Lipinski definition) is 2. The molecule has 0 aromatic carbocycles. The van der Waals surface area contributed by atoms with E-state index in [2.05, 4.69) is 25.8 Å². The normalized spacial score (nSPS) is 12.0. The Labute approximate surface area is 78.9 Å². The molecule has 0 radical (unpaired) electrons. The fraction of sp³-hybridized carbons (Fsp3) is 0.667.